The fraction of sp³-hybridized carbons (Fsp3) is 0.344. The molecule has 0 radical (unpaired) electrons. The molecule has 1 aliphatic heterocycles. The molecule has 4 aromatic rings. The molecule has 0 spiro atoms. The van der Waals surface area contributed by atoms with Crippen LogP contribution >= 0.6 is 0 Å². The van der Waals surface area contributed by atoms with Gasteiger partial charge >= 0.3 is 0 Å². The second-order valence-corrected chi connectivity index (χ2v) is 10.6. The number of halogens is 1. The summed E-state index contributed by atoms with van der Waals surface area (Å²) in [5.74, 6) is 1.31. The molecular weight excluding hydrogens is 510 g/mol. The van der Waals surface area contributed by atoms with Crippen molar-refractivity contribution >= 4 is 10.8 Å². The number of aromatic nitrogens is 1. The SMILES string of the molecule is CCCCCc1cc(O)c2c(c1)OC(C)(C)CC2c1cc[n+](Cc2ccc3ccccc3c2)cc1.[Br-]. The average molecular weight is 547 g/mol. The van der Waals surface area contributed by atoms with E-state index in [-0.39, 0.29) is 28.5 Å². The van der Waals surface area contributed by atoms with Crippen molar-refractivity contribution in [1.29, 1.82) is 0 Å². The monoisotopic (exact) mass is 545 g/mol. The van der Waals surface area contributed by atoms with Crippen LogP contribution in [0.25, 0.3) is 10.8 Å². The number of ether oxygens (including phenoxy) is 1. The topological polar surface area (TPSA) is 33.3 Å². The molecule has 1 N–H and O–H groups in total. The predicted molar refractivity (Wildman–Crippen MR) is 142 cm³/mol. The summed E-state index contributed by atoms with van der Waals surface area (Å²) in [6.45, 7) is 7.33. The normalized spacial score (nSPS) is 16.1. The van der Waals surface area contributed by atoms with Crippen molar-refractivity contribution in [2.45, 2.75) is 70.9 Å². The highest BCUT2D eigenvalue weighted by molar-refractivity contribution is 5.82. The van der Waals surface area contributed by atoms with Gasteiger partial charge in [0.15, 0.2) is 18.9 Å². The summed E-state index contributed by atoms with van der Waals surface area (Å²) in [4.78, 5) is 0. The Morgan fingerprint density at radius 1 is 0.917 bits per heavy atom. The number of fused-ring (bicyclic) bond motifs is 2. The lowest BCUT2D eigenvalue weighted by molar-refractivity contribution is -0.688. The fourth-order valence-electron chi connectivity index (χ4n) is 5.40. The van der Waals surface area contributed by atoms with Gasteiger partial charge in [0.1, 0.15) is 17.1 Å². The molecule has 36 heavy (non-hydrogen) atoms. The van der Waals surface area contributed by atoms with Crippen LogP contribution in [0.1, 0.15) is 74.6 Å². The minimum Gasteiger partial charge on any atom is -1.00 e. The number of aromatic hydroxyl groups is 1. The number of hydrogen-bond donors (Lipinski definition) is 1. The van der Waals surface area contributed by atoms with Crippen LogP contribution in [0, 0.1) is 0 Å². The van der Waals surface area contributed by atoms with E-state index in [9.17, 15) is 5.11 Å². The van der Waals surface area contributed by atoms with Gasteiger partial charge in [-0.2, -0.15) is 0 Å². The maximum atomic E-state index is 11.0. The highest BCUT2D eigenvalue weighted by Gasteiger charge is 2.37. The Bertz CT molecular complexity index is 1330. The summed E-state index contributed by atoms with van der Waals surface area (Å²) in [7, 11) is 0. The van der Waals surface area contributed by atoms with Crippen molar-refractivity contribution in [2.24, 2.45) is 0 Å². The molecule has 0 saturated heterocycles. The van der Waals surface area contributed by atoms with Gasteiger partial charge in [-0.1, -0.05) is 56.2 Å². The van der Waals surface area contributed by atoms with Crippen LogP contribution in [0.3, 0.4) is 0 Å². The second-order valence-electron chi connectivity index (χ2n) is 10.6. The Labute approximate surface area is 225 Å². The van der Waals surface area contributed by atoms with Gasteiger partial charge in [-0.05, 0) is 73.2 Å². The number of unbranched alkanes of at least 4 members (excludes halogenated alkanes) is 2. The van der Waals surface area contributed by atoms with Crippen molar-refractivity contribution in [1.82, 2.24) is 0 Å². The molecule has 188 valence electrons. The summed E-state index contributed by atoms with van der Waals surface area (Å²) in [6.07, 6.45) is 9.65. The second kappa shape index (κ2) is 11.0. The van der Waals surface area contributed by atoms with Crippen LogP contribution in [-0.4, -0.2) is 10.7 Å². The smallest absolute Gasteiger partial charge is 0.173 e. The molecule has 0 fully saturated rings. The number of phenols is 1. The van der Waals surface area contributed by atoms with Crippen LogP contribution in [0.2, 0.25) is 0 Å². The number of benzene rings is 3. The lowest BCUT2D eigenvalue weighted by Gasteiger charge is -2.38. The molecule has 0 amide bonds. The van der Waals surface area contributed by atoms with Gasteiger partial charge in [0, 0.05) is 29.2 Å². The van der Waals surface area contributed by atoms with Gasteiger partial charge in [-0.25, -0.2) is 4.57 Å². The predicted octanol–water partition coefficient (Wildman–Crippen LogP) is 4.31. The van der Waals surface area contributed by atoms with Crippen molar-refractivity contribution in [3.8, 4) is 11.5 Å². The molecule has 1 aliphatic rings. The van der Waals surface area contributed by atoms with E-state index in [0.717, 1.165) is 42.7 Å². The first-order valence-electron chi connectivity index (χ1n) is 12.9. The third-order valence-electron chi connectivity index (χ3n) is 7.18. The molecular formula is C32H36BrNO2. The van der Waals surface area contributed by atoms with Gasteiger partial charge in [0.05, 0.1) is 0 Å². The quantitative estimate of drug-likeness (QED) is 0.277. The molecule has 3 nitrogen and oxygen atoms in total. The first-order chi connectivity index (χ1) is 16.9. The van der Waals surface area contributed by atoms with Crippen LogP contribution in [0.15, 0.2) is 79.1 Å². The molecule has 0 aliphatic carbocycles. The lowest BCUT2D eigenvalue weighted by atomic mass is 9.79. The summed E-state index contributed by atoms with van der Waals surface area (Å²) >= 11 is 0. The van der Waals surface area contributed by atoms with Crippen LogP contribution < -0.4 is 26.3 Å². The third kappa shape index (κ3) is 5.75. The van der Waals surface area contributed by atoms with Crippen LogP contribution in [0.4, 0.5) is 0 Å². The van der Waals surface area contributed by atoms with E-state index in [1.165, 1.54) is 34.7 Å². The standard InChI is InChI=1S/C32H35NO2.BrH/c1-4-5-6-9-23-19-29(34)31-28(21-32(2,3)35-30(31)20-23)26-14-16-33(17-15-26)22-24-12-13-25-10-7-8-11-27(25)18-24;/h7-8,10-20,28H,4-6,9,21-22H2,1-3H3;1H. The van der Waals surface area contributed by atoms with E-state index < -0.39 is 0 Å². The Morgan fingerprint density at radius 3 is 2.42 bits per heavy atom. The number of nitrogens with zero attached hydrogens (tertiary/aromatic N) is 1. The van der Waals surface area contributed by atoms with Crippen molar-refractivity contribution < 1.29 is 31.4 Å². The van der Waals surface area contributed by atoms with Crippen LogP contribution in [0.5, 0.6) is 11.5 Å². The maximum Gasteiger partial charge on any atom is 0.173 e. The van der Waals surface area contributed by atoms with E-state index in [2.05, 4.69) is 98.4 Å². The van der Waals surface area contributed by atoms with E-state index in [1.807, 2.05) is 6.07 Å². The summed E-state index contributed by atoms with van der Waals surface area (Å²) in [5.41, 5.74) is 4.30. The maximum absolute atomic E-state index is 11.0. The molecule has 4 heteroatoms. The molecule has 0 bridgehead atoms. The summed E-state index contributed by atoms with van der Waals surface area (Å²) in [6, 6.07) is 23.7. The van der Waals surface area contributed by atoms with Gasteiger partial charge in [-0.15, -0.1) is 0 Å². The van der Waals surface area contributed by atoms with Gasteiger partial charge in [-0.3, -0.25) is 0 Å². The summed E-state index contributed by atoms with van der Waals surface area (Å²) < 4.78 is 8.59. The lowest BCUT2D eigenvalue weighted by Crippen LogP contribution is -3.00. The molecule has 1 aromatic heterocycles. The minimum atomic E-state index is -0.289. The number of hydrogen-bond acceptors (Lipinski definition) is 2. The fourth-order valence-corrected chi connectivity index (χ4v) is 5.40. The van der Waals surface area contributed by atoms with E-state index in [4.69, 9.17) is 4.74 Å². The van der Waals surface area contributed by atoms with Crippen molar-refractivity contribution in [2.75, 3.05) is 0 Å². The van der Waals surface area contributed by atoms with Gasteiger partial charge < -0.3 is 26.8 Å². The molecule has 1 atom stereocenters. The minimum absolute atomic E-state index is 0. The van der Waals surface area contributed by atoms with Crippen LogP contribution in [-0.2, 0) is 13.0 Å². The zero-order valence-corrected chi connectivity index (χ0v) is 23.1. The van der Waals surface area contributed by atoms with E-state index in [1.54, 1.807) is 0 Å². The molecule has 3 aromatic carbocycles. The molecule has 1 unspecified atom stereocenters. The first kappa shape index (κ1) is 26.2. The number of rotatable bonds is 7. The third-order valence-corrected chi connectivity index (χ3v) is 7.18. The molecule has 0 saturated carbocycles. The van der Waals surface area contributed by atoms with Gasteiger partial charge in [0.2, 0.25) is 0 Å². The number of aryl methyl sites for hydroxylation is 1. The van der Waals surface area contributed by atoms with E-state index >= 15 is 0 Å². The average Bonchev–Trinajstić information content (AvgIpc) is 2.83. The molecule has 5 rings (SSSR count). The highest BCUT2D eigenvalue weighted by atomic mass is 79.9. The molecule has 2 heterocycles. The van der Waals surface area contributed by atoms with Crippen molar-refractivity contribution in [3.63, 3.8) is 0 Å². The van der Waals surface area contributed by atoms with Crippen molar-refractivity contribution in [3.05, 3.63) is 101 Å². The zero-order valence-electron chi connectivity index (χ0n) is 21.5. The Hall–Kier alpha value is -2.85. The number of pyridine rings is 1. The summed E-state index contributed by atoms with van der Waals surface area (Å²) in [5, 5.41) is 13.6. The van der Waals surface area contributed by atoms with E-state index in [0.29, 0.717) is 5.75 Å². The number of phenolic OH excluding ortho intramolecular Hbond substituents is 1. The largest absolute Gasteiger partial charge is 1.00 e. The first-order valence-corrected chi connectivity index (χ1v) is 12.9. The Balaban J connectivity index is 0.00000304. The Morgan fingerprint density at radius 2 is 1.67 bits per heavy atom. The Kier molecular flexibility index (Phi) is 8.04. The zero-order chi connectivity index (χ0) is 24.4. The highest BCUT2D eigenvalue weighted by Crippen LogP contribution is 2.48. The van der Waals surface area contributed by atoms with Gasteiger partial charge in [0.25, 0.3) is 0 Å².